The van der Waals surface area contributed by atoms with E-state index in [-0.39, 0.29) is 19.1 Å². The third-order valence-corrected chi connectivity index (χ3v) is 4.45. The summed E-state index contributed by atoms with van der Waals surface area (Å²) in [6.45, 7) is 0.563. The molecule has 0 bridgehead atoms. The van der Waals surface area contributed by atoms with Crippen LogP contribution in [0.4, 0.5) is 0 Å². The summed E-state index contributed by atoms with van der Waals surface area (Å²) in [4.78, 5) is 24.6. The molecule has 98 valence electrons. The standard InChI is InChI=1S/C11H12BrNO4S/c1-16-10(15)11(5-17-6-11)9(14)13-3-8-2-7(12)4-18-8/h2,4H,3,5-6H2,1H3,(H,13,14). The van der Waals surface area contributed by atoms with Gasteiger partial charge in [-0.15, -0.1) is 11.3 Å². The van der Waals surface area contributed by atoms with Crippen molar-refractivity contribution in [1.82, 2.24) is 5.32 Å². The molecule has 18 heavy (non-hydrogen) atoms. The molecule has 0 atom stereocenters. The predicted molar refractivity (Wildman–Crippen MR) is 69.1 cm³/mol. The first-order chi connectivity index (χ1) is 8.58. The molecule has 1 N–H and O–H groups in total. The molecule has 1 aliphatic heterocycles. The van der Waals surface area contributed by atoms with Gasteiger partial charge in [-0.05, 0) is 22.0 Å². The lowest BCUT2D eigenvalue weighted by Gasteiger charge is -2.36. The van der Waals surface area contributed by atoms with Crippen LogP contribution in [-0.4, -0.2) is 32.2 Å². The molecule has 0 unspecified atom stereocenters. The third-order valence-electron chi connectivity index (χ3n) is 2.75. The first kappa shape index (κ1) is 13.5. The van der Waals surface area contributed by atoms with Crippen molar-refractivity contribution in [2.24, 2.45) is 5.41 Å². The van der Waals surface area contributed by atoms with E-state index >= 15 is 0 Å². The van der Waals surface area contributed by atoms with E-state index in [0.717, 1.165) is 9.35 Å². The van der Waals surface area contributed by atoms with Crippen molar-refractivity contribution in [2.75, 3.05) is 20.3 Å². The van der Waals surface area contributed by atoms with Gasteiger partial charge in [0.25, 0.3) is 0 Å². The van der Waals surface area contributed by atoms with Crippen LogP contribution in [0.15, 0.2) is 15.9 Å². The van der Waals surface area contributed by atoms with Crippen molar-refractivity contribution in [3.63, 3.8) is 0 Å². The monoisotopic (exact) mass is 333 g/mol. The Bertz CT molecular complexity index is 469. The van der Waals surface area contributed by atoms with Gasteiger partial charge < -0.3 is 14.8 Å². The fraction of sp³-hybridized carbons (Fsp3) is 0.455. The lowest BCUT2D eigenvalue weighted by molar-refractivity contribution is -0.188. The molecule has 0 aromatic carbocycles. The largest absolute Gasteiger partial charge is 0.468 e. The number of hydrogen-bond acceptors (Lipinski definition) is 5. The summed E-state index contributed by atoms with van der Waals surface area (Å²) in [5.41, 5.74) is -1.16. The summed E-state index contributed by atoms with van der Waals surface area (Å²) in [5, 5.41) is 4.67. The number of methoxy groups -OCH3 is 1. The zero-order valence-electron chi connectivity index (χ0n) is 9.70. The van der Waals surface area contributed by atoms with Gasteiger partial charge in [0.1, 0.15) is 0 Å². The van der Waals surface area contributed by atoms with Gasteiger partial charge in [0.15, 0.2) is 5.41 Å². The maximum atomic E-state index is 12.0. The minimum Gasteiger partial charge on any atom is -0.468 e. The normalized spacial score (nSPS) is 16.8. The van der Waals surface area contributed by atoms with Crippen molar-refractivity contribution >= 4 is 39.1 Å². The van der Waals surface area contributed by atoms with Crippen molar-refractivity contribution in [2.45, 2.75) is 6.54 Å². The highest BCUT2D eigenvalue weighted by molar-refractivity contribution is 9.10. The predicted octanol–water partition coefficient (Wildman–Crippen LogP) is 1.32. The number of thiophene rings is 1. The maximum Gasteiger partial charge on any atom is 0.326 e. The van der Waals surface area contributed by atoms with E-state index in [2.05, 4.69) is 26.0 Å². The molecule has 1 amide bonds. The molecule has 0 aliphatic carbocycles. The summed E-state index contributed by atoms with van der Waals surface area (Å²) in [6, 6.07) is 1.92. The molecule has 1 aliphatic rings. The van der Waals surface area contributed by atoms with E-state index in [1.807, 2.05) is 11.4 Å². The molecule has 0 saturated carbocycles. The number of halogens is 1. The fourth-order valence-corrected chi connectivity index (χ4v) is 3.02. The molecule has 0 spiro atoms. The number of amides is 1. The number of carbonyl (C=O) groups is 2. The van der Waals surface area contributed by atoms with E-state index in [0.29, 0.717) is 6.54 Å². The number of nitrogens with one attached hydrogen (secondary N) is 1. The second-order valence-corrected chi connectivity index (χ2v) is 5.89. The molecule has 1 aromatic heterocycles. The minimum atomic E-state index is -1.16. The Labute approximate surface area is 117 Å². The lowest BCUT2D eigenvalue weighted by atomic mass is 9.85. The van der Waals surface area contributed by atoms with Crippen LogP contribution in [0.3, 0.4) is 0 Å². The second kappa shape index (κ2) is 5.38. The third kappa shape index (κ3) is 2.43. The minimum absolute atomic E-state index is 0.0830. The first-order valence-corrected chi connectivity index (χ1v) is 6.93. The fourth-order valence-electron chi connectivity index (χ4n) is 1.63. The zero-order chi connectivity index (χ0) is 13.2. The Balaban J connectivity index is 1.96. The number of hydrogen-bond donors (Lipinski definition) is 1. The van der Waals surface area contributed by atoms with Crippen LogP contribution in [0.5, 0.6) is 0 Å². The SMILES string of the molecule is COC(=O)C1(C(=O)NCc2cc(Br)cs2)COC1. The van der Waals surface area contributed by atoms with Crippen LogP contribution < -0.4 is 5.32 Å². The van der Waals surface area contributed by atoms with Crippen LogP contribution in [0.25, 0.3) is 0 Å². The molecular formula is C11H12BrNO4S. The summed E-state index contributed by atoms with van der Waals surface area (Å²) in [6.07, 6.45) is 0. The summed E-state index contributed by atoms with van der Waals surface area (Å²) in [5.74, 6) is -0.885. The van der Waals surface area contributed by atoms with Crippen molar-refractivity contribution < 1.29 is 19.1 Å². The smallest absolute Gasteiger partial charge is 0.326 e. The van der Waals surface area contributed by atoms with Crippen LogP contribution >= 0.6 is 27.3 Å². The molecule has 7 heteroatoms. The Hall–Kier alpha value is -0.920. The molecular weight excluding hydrogens is 322 g/mol. The molecule has 1 aromatic rings. The molecule has 2 rings (SSSR count). The highest BCUT2D eigenvalue weighted by Crippen LogP contribution is 2.29. The molecule has 1 fully saturated rings. The topological polar surface area (TPSA) is 64.6 Å². The average molecular weight is 334 g/mol. The molecule has 1 saturated heterocycles. The highest BCUT2D eigenvalue weighted by Gasteiger charge is 2.53. The lowest BCUT2D eigenvalue weighted by Crippen LogP contribution is -2.59. The Morgan fingerprint density at radius 1 is 1.61 bits per heavy atom. The first-order valence-electron chi connectivity index (χ1n) is 5.26. The number of esters is 1. The van der Waals surface area contributed by atoms with Crippen LogP contribution in [0.1, 0.15) is 4.88 Å². The van der Waals surface area contributed by atoms with Gasteiger partial charge in [-0.2, -0.15) is 0 Å². The van der Waals surface area contributed by atoms with Gasteiger partial charge in [0.2, 0.25) is 5.91 Å². The van der Waals surface area contributed by atoms with E-state index in [1.54, 1.807) is 0 Å². The summed E-state index contributed by atoms with van der Waals surface area (Å²) >= 11 is 4.87. The second-order valence-electron chi connectivity index (χ2n) is 3.98. The number of ether oxygens (including phenoxy) is 2. The highest BCUT2D eigenvalue weighted by atomic mass is 79.9. The quantitative estimate of drug-likeness (QED) is 0.666. The van der Waals surface area contributed by atoms with Gasteiger partial charge in [0, 0.05) is 14.7 Å². The van der Waals surface area contributed by atoms with Gasteiger partial charge in [0.05, 0.1) is 26.9 Å². The Kier molecular flexibility index (Phi) is 4.04. The average Bonchev–Trinajstić information content (AvgIpc) is 2.70. The van der Waals surface area contributed by atoms with Crippen molar-refractivity contribution in [1.29, 1.82) is 0 Å². The van der Waals surface area contributed by atoms with Crippen molar-refractivity contribution in [3.05, 3.63) is 20.8 Å². The van der Waals surface area contributed by atoms with E-state index in [9.17, 15) is 9.59 Å². The summed E-state index contributed by atoms with van der Waals surface area (Å²) < 4.78 is 10.6. The van der Waals surface area contributed by atoms with Gasteiger partial charge in [-0.3, -0.25) is 9.59 Å². The van der Waals surface area contributed by atoms with Crippen molar-refractivity contribution in [3.8, 4) is 0 Å². The Morgan fingerprint density at radius 2 is 2.33 bits per heavy atom. The van der Waals surface area contributed by atoms with Gasteiger partial charge >= 0.3 is 5.97 Å². The number of carbonyl (C=O) groups excluding carboxylic acids is 2. The molecule has 5 nitrogen and oxygen atoms in total. The van der Waals surface area contributed by atoms with E-state index in [4.69, 9.17) is 4.74 Å². The van der Waals surface area contributed by atoms with Gasteiger partial charge in [-0.25, -0.2) is 0 Å². The van der Waals surface area contributed by atoms with E-state index < -0.39 is 11.4 Å². The zero-order valence-corrected chi connectivity index (χ0v) is 12.1. The van der Waals surface area contributed by atoms with Crippen LogP contribution in [-0.2, 0) is 25.6 Å². The summed E-state index contributed by atoms with van der Waals surface area (Å²) in [7, 11) is 1.27. The van der Waals surface area contributed by atoms with E-state index in [1.165, 1.54) is 18.4 Å². The number of rotatable bonds is 4. The van der Waals surface area contributed by atoms with Crippen LogP contribution in [0.2, 0.25) is 0 Å². The molecule has 0 radical (unpaired) electrons. The molecule has 2 heterocycles. The Morgan fingerprint density at radius 3 is 2.78 bits per heavy atom. The maximum absolute atomic E-state index is 12.0. The van der Waals surface area contributed by atoms with Gasteiger partial charge in [-0.1, -0.05) is 0 Å². The van der Waals surface area contributed by atoms with Crippen LogP contribution in [0, 0.1) is 5.41 Å².